The summed E-state index contributed by atoms with van der Waals surface area (Å²) in [6, 6.07) is 6.05. The van der Waals surface area contributed by atoms with E-state index in [2.05, 4.69) is 12.2 Å². The van der Waals surface area contributed by atoms with E-state index in [1.807, 2.05) is 24.5 Å². The average Bonchev–Trinajstić information content (AvgIpc) is 2.74. The molecule has 0 aromatic heterocycles. The van der Waals surface area contributed by atoms with Gasteiger partial charge in [-0.15, -0.1) is 11.8 Å². The van der Waals surface area contributed by atoms with Crippen LogP contribution in [0.15, 0.2) is 23.1 Å². The number of hydrogen-bond acceptors (Lipinski definition) is 3. The van der Waals surface area contributed by atoms with E-state index in [0.717, 1.165) is 29.3 Å². The van der Waals surface area contributed by atoms with Gasteiger partial charge in [-0.2, -0.15) is 0 Å². The molecule has 18 heavy (non-hydrogen) atoms. The summed E-state index contributed by atoms with van der Waals surface area (Å²) in [6.45, 7) is 2.25. The third-order valence-corrected chi connectivity index (χ3v) is 4.29. The van der Waals surface area contributed by atoms with Gasteiger partial charge in [0.25, 0.3) is 0 Å². The first-order chi connectivity index (χ1) is 8.61. The Morgan fingerprint density at radius 1 is 1.44 bits per heavy atom. The molecule has 2 N–H and O–H groups in total. The number of carboxylic acids is 1. The van der Waals surface area contributed by atoms with Crippen molar-refractivity contribution in [3.8, 4) is 0 Å². The Labute approximate surface area is 112 Å². The number of anilines is 1. The first kappa shape index (κ1) is 13.3. The van der Waals surface area contributed by atoms with Gasteiger partial charge in [-0.1, -0.05) is 13.0 Å². The second-order valence-corrected chi connectivity index (χ2v) is 5.80. The molecule has 0 bridgehead atoms. The molecule has 1 saturated carbocycles. The number of aromatic carboxylic acids is 1. The number of thioether (sulfide) groups is 1. The van der Waals surface area contributed by atoms with Gasteiger partial charge in [0.1, 0.15) is 0 Å². The molecule has 3 nitrogen and oxygen atoms in total. The fourth-order valence-corrected chi connectivity index (χ4v) is 3.22. The van der Waals surface area contributed by atoms with Crippen LogP contribution in [0, 0.1) is 5.92 Å². The van der Waals surface area contributed by atoms with Crippen molar-refractivity contribution in [3.63, 3.8) is 0 Å². The monoisotopic (exact) mass is 265 g/mol. The summed E-state index contributed by atoms with van der Waals surface area (Å²) < 4.78 is 0. The molecule has 2 unspecified atom stereocenters. The van der Waals surface area contributed by atoms with Crippen molar-refractivity contribution in [2.75, 3.05) is 11.6 Å². The SMILES string of the molecule is CSc1cccc(NC2CCC(C)C2)c1C(=O)O. The topological polar surface area (TPSA) is 49.3 Å². The minimum absolute atomic E-state index is 0.407. The van der Waals surface area contributed by atoms with Crippen LogP contribution >= 0.6 is 11.8 Å². The Morgan fingerprint density at radius 2 is 2.22 bits per heavy atom. The van der Waals surface area contributed by atoms with Gasteiger partial charge in [0.15, 0.2) is 0 Å². The Kier molecular flexibility index (Phi) is 4.17. The highest BCUT2D eigenvalue weighted by molar-refractivity contribution is 7.98. The number of carbonyl (C=O) groups is 1. The van der Waals surface area contributed by atoms with Crippen molar-refractivity contribution in [1.29, 1.82) is 0 Å². The van der Waals surface area contributed by atoms with Crippen molar-refractivity contribution >= 4 is 23.4 Å². The predicted molar refractivity (Wildman–Crippen MR) is 75.6 cm³/mol. The van der Waals surface area contributed by atoms with Gasteiger partial charge in [0.05, 0.1) is 11.3 Å². The lowest BCUT2D eigenvalue weighted by atomic mass is 10.1. The van der Waals surface area contributed by atoms with Gasteiger partial charge in [-0.25, -0.2) is 4.79 Å². The highest BCUT2D eigenvalue weighted by Crippen LogP contribution is 2.31. The van der Waals surface area contributed by atoms with Crippen LogP contribution in [0.25, 0.3) is 0 Å². The molecule has 2 rings (SSSR count). The minimum atomic E-state index is -0.853. The molecule has 1 fully saturated rings. The summed E-state index contributed by atoms with van der Waals surface area (Å²) in [6.07, 6.45) is 5.39. The normalized spacial score (nSPS) is 23.0. The Hall–Kier alpha value is -1.16. The maximum Gasteiger partial charge on any atom is 0.338 e. The van der Waals surface area contributed by atoms with Crippen LogP contribution in [0.1, 0.15) is 36.5 Å². The fraction of sp³-hybridized carbons (Fsp3) is 0.500. The number of rotatable bonds is 4. The fourth-order valence-electron chi connectivity index (χ4n) is 2.60. The summed E-state index contributed by atoms with van der Waals surface area (Å²) in [4.78, 5) is 12.2. The molecule has 0 heterocycles. The van der Waals surface area contributed by atoms with E-state index >= 15 is 0 Å². The molecule has 4 heteroatoms. The van der Waals surface area contributed by atoms with E-state index in [0.29, 0.717) is 11.6 Å². The molecular weight excluding hydrogens is 246 g/mol. The van der Waals surface area contributed by atoms with Crippen LogP contribution in [-0.2, 0) is 0 Å². The maximum atomic E-state index is 11.4. The summed E-state index contributed by atoms with van der Waals surface area (Å²) >= 11 is 1.48. The van der Waals surface area contributed by atoms with E-state index in [-0.39, 0.29) is 0 Å². The molecule has 1 aliphatic rings. The summed E-state index contributed by atoms with van der Waals surface area (Å²) in [5.41, 5.74) is 1.16. The second kappa shape index (κ2) is 5.65. The second-order valence-electron chi connectivity index (χ2n) is 4.95. The lowest BCUT2D eigenvalue weighted by Crippen LogP contribution is -2.18. The van der Waals surface area contributed by atoms with Crippen molar-refractivity contribution < 1.29 is 9.90 Å². The standard InChI is InChI=1S/C14H19NO2S/c1-9-6-7-10(8-9)15-11-4-3-5-12(18-2)13(11)14(16)17/h3-5,9-10,15H,6-8H2,1-2H3,(H,16,17). The number of benzene rings is 1. The Bertz CT molecular complexity index is 447. The van der Waals surface area contributed by atoms with E-state index in [4.69, 9.17) is 0 Å². The number of hydrogen-bond donors (Lipinski definition) is 2. The third-order valence-electron chi connectivity index (χ3n) is 3.51. The predicted octanol–water partition coefficient (Wildman–Crippen LogP) is 3.71. The molecule has 0 spiro atoms. The lowest BCUT2D eigenvalue weighted by molar-refractivity contribution is 0.0694. The van der Waals surface area contributed by atoms with Gasteiger partial charge in [0, 0.05) is 10.9 Å². The maximum absolute atomic E-state index is 11.4. The van der Waals surface area contributed by atoms with Gasteiger partial charge < -0.3 is 10.4 Å². The van der Waals surface area contributed by atoms with Gasteiger partial charge >= 0.3 is 5.97 Å². The van der Waals surface area contributed by atoms with Gasteiger partial charge in [-0.05, 0) is 43.6 Å². The summed E-state index contributed by atoms with van der Waals surface area (Å²) in [5, 5.41) is 12.8. The van der Waals surface area contributed by atoms with Gasteiger partial charge in [-0.3, -0.25) is 0 Å². The zero-order valence-electron chi connectivity index (χ0n) is 10.8. The quantitative estimate of drug-likeness (QED) is 0.815. The van der Waals surface area contributed by atoms with E-state index < -0.39 is 5.97 Å². The van der Waals surface area contributed by atoms with Crippen LogP contribution in [0.2, 0.25) is 0 Å². The Morgan fingerprint density at radius 3 is 2.78 bits per heavy atom. The van der Waals surface area contributed by atoms with Crippen molar-refractivity contribution in [1.82, 2.24) is 0 Å². The van der Waals surface area contributed by atoms with Crippen molar-refractivity contribution in [2.45, 2.75) is 37.1 Å². The minimum Gasteiger partial charge on any atom is -0.478 e. The largest absolute Gasteiger partial charge is 0.478 e. The highest BCUT2D eigenvalue weighted by atomic mass is 32.2. The first-order valence-electron chi connectivity index (χ1n) is 6.28. The molecule has 0 amide bonds. The highest BCUT2D eigenvalue weighted by Gasteiger charge is 2.23. The van der Waals surface area contributed by atoms with Crippen LogP contribution in [0.3, 0.4) is 0 Å². The average molecular weight is 265 g/mol. The molecule has 2 atom stereocenters. The summed E-state index contributed by atoms with van der Waals surface area (Å²) in [5.74, 6) is -0.118. The van der Waals surface area contributed by atoms with Crippen LogP contribution in [0.4, 0.5) is 5.69 Å². The number of nitrogens with one attached hydrogen (secondary N) is 1. The van der Waals surface area contributed by atoms with Crippen LogP contribution in [-0.4, -0.2) is 23.4 Å². The van der Waals surface area contributed by atoms with Crippen LogP contribution < -0.4 is 5.32 Å². The van der Waals surface area contributed by atoms with Gasteiger partial charge in [0.2, 0.25) is 0 Å². The first-order valence-corrected chi connectivity index (χ1v) is 7.51. The van der Waals surface area contributed by atoms with E-state index in [1.165, 1.54) is 18.2 Å². The summed E-state index contributed by atoms with van der Waals surface area (Å²) in [7, 11) is 0. The van der Waals surface area contributed by atoms with Crippen molar-refractivity contribution in [3.05, 3.63) is 23.8 Å². The molecule has 0 radical (unpaired) electrons. The smallest absolute Gasteiger partial charge is 0.338 e. The molecule has 0 aliphatic heterocycles. The third kappa shape index (κ3) is 2.80. The molecule has 1 aliphatic carbocycles. The Balaban J connectivity index is 2.24. The molecule has 0 saturated heterocycles. The molecule has 1 aromatic rings. The molecule has 1 aromatic carbocycles. The van der Waals surface area contributed by atoms with E-state index in [9.17, 15) is 9.90 Å². The van der Waals surface area contributed by atoms with Crippen molar-refractivity contribution in [2.24, 2.45) is 5.92 Å². The zero-order chi connectivity index (χ0) is 13.1. The molecule has 98 valence electrons. The molecular formula is C14H19NO2S. The van der Waals surface area contributed by atoms with Crippen LogP contribution in [0.5, 0.6) is 0 Å². The lowest BCUT2D eigenvalue weighted by Gasteiger charge is -2.17. The number of carboxylic acid groups (broad SMARTS) is 1. The zero-order valence-corrected chi connectivity index (χ0v) is 11.6. The van der Waals surface area contributed by atoms with E-state index in [1.54, 1.807) is 0 Å².